The van der Waals surface area contributed by atoms with E-state index >= 15 is 0 Å². The van der Waals surface area contributed by atoms with Gasteiger partial charge in [-0.15, -0.1) is 0 Å². The normalized spacial score (nSPS) is 9.82. The summed E-state index contributed by atoms with van der Waals surface area (Å²) in [7, 11) is 0. The van der Waals surface area contributed by atoms with Gasteiger partial charge in [0, 0.05) is 12.4 Å². The monoisotopic (exact) mass is 300 g/mol. The average Bonchev–Trinajstić information content (AvgIpc) is 2.58. The molecule has 22 heavy (non-hydrogen) atoms. The van der Waals surface area contributed by atoms with E-state index in [1.807, 2.05) is 30.3 Å². The van der Waals surface area contributed by atoms with Crippen molar-refractivity contribution >= 4 is 11.9 Å². The van der Waals surface area contributed by atoms with E-state index in [4.69, 9.17) is 9.47 Å². The Morgan fingerprint density at radius 3 is 2.64 bits per heavy atom. The Labute approximate surface area is 128 Å². The molecule has 1 aromatic carbocycles. The van der Waals surface area contributed by atoms with Gasteiger partial charge < -0.3 is 14.8 Å². The Kier molecular flexibility index (Phi) is 5.92. The molecule has 6 nitrogen and oxygen atoms in total. The maximum Gasteiger partial charge on any atom is 0.340 e. The number of aromatic nitrogens is 1. The van der Waals surface area contributed by atoms with Gasteiger partial charge in [0.25, 0.3) is 5.91 Å². The van der Waals surface area contributed by atoms with Crippen molar-refractivity contribution in [2.24, 2.45) is 0 Å². The standard InChI is InChI=1S/C16H16N2O4/c19-15(12-22-16(20)13-5-4-8-17-11-13)18-9-10-21-14-6-2-1-3-7-14/h1-8,11H,9-10,12H2,(H,18,19). The molecule has 0 aliphatic rings. The van der Waals surface area contributed by atoms with Crippen molar-refractivity contribution in [3.05, 3.63) is 60.4 Å². The molecule has 0 saturated carbocycles. The zero-order valence-corrected chi connectivity index (χ0v) is 11.9. The molecule has 0 saturated heterocycles. The first-order valence-corrected chi connectivity index (χ1v) is 6.77. The molecule has 2 aromatic rings. The Bertz CT molecular complexity index is 602. The molecule has 1 amide bonds. The van der Waals surface area contributed by atoms with Crippen LogP contribution >= 0.6 is 0 Å². The van der Waals surface area contributed by atoms with Gasteiger partial charge in [-0.25, -0.2) is 4.79 Å². The number of hydrogen-bond donors (Lipinski definition) is 1. The highest BCUT2D eigenvalue weighted by atomic mass is 16.5. The smallest absolute Gasteiger partial charge is 0.340 e. The number of ether oxygens (including phenoxy) is 2. The molecular weight excluding hydrogens is 284 g/mol. The van der Waals surface area contributed by atoms with Crippen LogP contribution in [0.5, 0.6) is 5.75 Å². The van der Waals surface area contributed by atoms with Gasteiger partial charge in [0.2, 0.25) is 0 Å². The first-order chi connectivity index (χ1) is 10.8. The van der Waals surface area contributed by atoms with Gasteiger partial charge in [-0.05, 0) is 24.3 Å². The summed E-state index contributed by atoms with van der Waals surface area (Å²) in [6.45, 7) is 0.337. The first-order valence-electron chi connectivity index (χ1n) is 6.77. The summed E-state index contributed by atoms with van der Waals surface area (Å²) in [4.78, 5) is 26.9. The van der Waals surface area contributed by atoms with Gasteiger partial charge >= 0.3 is 5.97 Å². The molecule has 2 rings (SSSR count). The highest BCUT2D eigenvalue weighted by molar-refractivity contribution is 5.90. The minimum atomic E-state index is -0.580. The summed E-state index contributed by atoms with van der Waals surface area (Å²) in [5.41, 5.74) is 0.308. The second-order valence-electron chi connectivity index (χ2n) is 4.33. The van der Waals surface area contributed by atoms with Crippen LogP contribution in [0.4, 0.5) is 0 Å². The Balaban J connectivity index is 1.61. The minimum absolute atomic E-state index is 0.308. The molecular formula is C16H16N2O4. The minimum Gasteiger partial charge on any atom is -0.492 e. The third-order valence-corrected chi connectivity index (χ3v) is 2.67. The SMILES string of the molecule is O=C(COC(=O)c1cccnc1)NCCOc1ccccc1. The molecule has 0 unspecified atom stereocenters. The fourth-order valence-electron chi connectivity index (χ4n) is 1.63. The topological polar surface area (TPSA) is 77.5 Å². The van der Waals surface area contributed by atoms with Crippen molar-refractivity contribution in [2.75, 3.05) is 19.8 Å². The second-order valence-corrected chi connectivity index (χ2v) is 4.33. The third-order valence-electron chi connectivity index (χ3n) is 2.67. The van der Waals surface area contributed by atoms with Gasteiger partial charge in [0.05, 0.1) is 12.1 Å². The summed E-state index contributed by atoms with van der Waals surface area (Å²) in [6.07, 6.45) is 2.93. The Morgan fingerprint density at radius 1 is 1.09 bits per heavy atom. The first kappa shape index (κ1) is 15.5. The van der Waals surface area contributed by atoms with Crippen LogP contribution in [0.15, 0.2) is 54.9 Å². The molecule has 0 fully saturated rings. The predicted molar refractivity (Wildman–Crippen MR) is 79.5 cm³/mol. The van der Waals surface area contributed by atoms with Crippen LogP contribution in [0.25, 0.3) is 0 Å². The van der Waals surface area contributed by atoms with Crippen molar-refractivity contribution in [1.29, 1.82) is 0 Å². The van der Waals surface area contributed by atoms with E-state index in [9.17, 15) is 9.59 Å². The Hall–Kier alpha value is -2.89. The van der Waals surface area contributed by atoms with Crippen molar-refractivity contribution in [2.45, 2.75) is 0 Å². The van der Waals surface area contributed by atoms with Crippen molar-refractivity contribution < 1.29 is 19.1 Å². The van der Waals surface area contributed by atoms with Crippen LogP contribution < -0.4 is 10.1 Å². The van der Waals surface area contributed by atoms with E-state index in [1.54, 1.807) is 18.3 Å². The van der Waals surface area contributed by atoms with Gasteiger partial charge in [-0.3, -0.25) is 9.78 Å². The van der Waals surface area contributed by atoms with Gasteiger partial charge in [0.1, 0.15) is 12.4 Å². The van der Waals surface area contributed by atoms with Crippen LogP contribution in [0.1, 0.15) is 10.4 Å². The summed E-state index contributed by atoms with van der Waals surface area (Å²) in [6, 6.07) is 12.5. The highest BCUT2D eigenvalue weighted by Crippen LogP contribution is 2.07. The van der Waals surface area contributed by atoms with Gasteiger partial charge in [-0.2, -0.15) is 0 Å². The average molecular weight is 300 g/mol. The van der Waals surface area contributed by atoms with E-state index in [0.29, 0.717) is 18.7 Å². The van der Waals surface area contributed by atoms with E-state index in [2.05, 4.69) is 10.3 Å². The van der Waals surface area contributed by atoms with Crippen molar-refractivity contribution in [1.82, 2.24) is 10.3 Å². The number of pyridine rings is 1. The molecule has 0 spiro atoms. The highest BCUT2D eigenvalue weighted by Gasteiger charge is 2.09. The number of carbonyl (C=O) groups is 2. The summed E-state index contributed by atoms with van der Waals surface area (Å²) in [5, 5.41) is 2.60. The Morgan fingerprint density at radius 2 is 1.91 bits per heavy atom. The maximum atomic E-state index is 11.6. The molecule has 114 valence electrons. The summed E-state index contributed by atoms with van der Waals surface area (Å²) < 4.78 is 10.3. The fraction of sp³-hybridized carbons (Fsp3) is 0.188. The lowest BCUT2D eigenvalue weighted by molar-refractivity contribution is -0.124. The number of carbonyl (C=O) groups excluding carboxylic acids is 2. The van der Waals surface area contributed by atoms with Crippen LogP contribution in [0, 0.1) is 0 Å². The van der Waals surface area contributed by atoms with E-state index in [-0.39, 0.29) is 12.5 Å². The lowest BCUT2D eigenvalue weighted by Gasteiger charge is -2.08. The summed E-state index contributed by atoms with van der Waals surface area (Å²) in [5.74, 6) is -0.225. The molecule has 1 heterocycles. The molecule has 6 heteroatoms. The number of benzene rings is 1. The number of nitrogens with zero attached hydrogens (tertiary/aromatic N) is 1. The number of rotatable bonds is 7. The van der Waals surface area contributed by atoms with Crippen molar-refractivity contribution in [3.8, 4) is 5.75 Å². The lowest BCUT2D eigenvalue weighted by atomic mass is 10.3. The van der Waals surface area contributed by atoms with Crippen LogP contribution in [-0.4, -0.2) is 36.6 Å². The van der Waals surface area contributed by atoms with E-state index in [0.717, 1.165) is 5.75 Å². The second kappa shape index (κ2) is 8.41. The zero-order chi connectivity index (χ0) is 15.6. The quantitative estimate of drug-likeness (QED) is 0.618. The van der Waals surface area contributed by atoms with Crippen LogP contribution in [-0.2, 0) is 9.53 Å². The number of amides is 1. The number of hydrogen-bond acceptors (Lipinski definition) is 5. The lowest BCUT2D eigenvalue weighted by Crippen LogP contribution is -2.32. The largest absolute Gasteiger partial charge is 0.492 e. The van der Waals surface area contributed by atoms with Crippen molar-refractivity contribution in [3.63, 3.8) is 0 Å². The van der Waals surface area contributed by atoms with E-state index < -0.39 is 5.97 Å². The number of nitrogens with one attached hydrogen (secondary N) is 1. The fourth-order valence-corrected chi connectivity index (χ4v) is 1.63. The number of esters is 1. The molecule has 0 aliphatic carbocycles. The molecule has 1 N–H and O–H groups in total. The molecule has 1 aromatic heterocycles. The number of para-hydroxylation sites is 1. The molecule has 0 radical (unpaired) electrons. The van der Waals surface area contributed by atoms with Crippen LogP contribution in [0.2, 0.25) is 0 Å². The van der Waals surface area contributed by atoms with Crippen LogP contribution in [0.3, 0.4) is 0 Å². The maximum absolute atomic E-state index is 11.6. The molecule has 0 atom stereocenters. The zero-order valence-electron chi connectivity index (χ0n) is 11.9. The van der Waals surface area contributed by atoms with E-state index in [1.165, 1.54) is 6.20 Å². The summed E-state index contributed by atoms with van der Waals surface area (Å²) >= 11 is 0. The van der Waals surface area contributed by atoms with Gasteiger partial charge in [-0.1, -0.05) is 18.2 Å². The molecule has 0 bridgehead atoms. The van der Waals surface area contributed by atoms with Gasteiger partial charge in [0.15, 0.2) is 6.61 Å². The molecule has 0 aliphatic heterocycles. The predicted octanol–water partition coefficient (Wildman–Crippen LogP) is 1.43. The third kappa shape index (κ3) is 5.24.